The van der Waals surface area contributed by atoms with Gasteiger partial charge in [-0.05, 0) is 18.2 Å². The van der Waals surface area contributed by atoms with E-state index in [9.17, 15) is 0 Å². The molecule has 17 heavy (non-hydrogen) atoms. The molecule has 0 radical (unpaired) electrons. The van der Waals surface area contributed by atoms with Gasteiger partial charge in [-0.15, -0.1) is 22.7 Å². The molecule has 3 rings (SSSR count). The molecule has 0 spiro atoms. The van der Waals surface area contributed by atoms with Gasteiger partial charge in [-0.25, -0.2) is 9.97 Å². The van der Waals surface area contributed by atoms with Crippen molar-refractivity contribution in [2.45, 2.75) is 10.1 Å². The van der Waals surface area contributed by atoms with Crippen LogP contribution >= 0.6 is 34.4 Å². The van der Waals surface area contributed by atoms with Crippen LogP contribution in [-0.4, -0.2) is 9.97 Å². The van der Waals surface area contributed by atoms with Crippen molar-refractivity contribution in [2.75, 3.05) is 5.73 Å². The SMILES string of the molecule is Nc1ccc2nc(SCc3nccs3)sc2c1. The molecule has 0 aliphatic heterocycles. The van der Waals surface area contributed by atoms with Gasteiger partial charge >= 0.3 is 0 Å². The number of nitrogen functional groups attached to an aromatic ring is 1. The van der Waals surface area contributed by atoms with Gasteiger partial charge in [-0.2, -0.15) is 0 Å². The molecule has 6 heteroatoms. The third kappa shape index (κ3) is 2.43. The summed E-state index contributed by atoms with van der Waals surface area (Å²) in [5.74, 6) is 0.882. The number of hydrogen-bond acceptors (Lipinski definition) is 6. The van der Waals surface area contributed by atoms with Crippen LogP contribution in [0.3, 0.4) is 0 Å². The largest absolute Gasteiger partial charge is 0.399 e. The number of nitrogens with zero attached hydrogens (tertiary/aromatic N) is 2. The van der Waals surface area contributed by atoms with Crippen molar-refractivity contribution < 1.29 is 0 Å². The molecule has 86 valence electrons. The minimum atomic E-state index is 0.789. The quantitative estimate of drug-likeness (QED) is 0.587. The van der Waals surface area contributed by atoms with Crippen molar-refractivity contribution in [1.29, 1.82) is 0 Å². The maximum Gasteiger partial charge on any atom is 0.151 e. The fraction of sp³-hybridized carbons (Fsp3) is 0.0909. The van der Waals surface area contributed by atoms with Crippen LogP contribution in [-0.2, 0) is 5.75 Å². The lowest BCUT2D eigenvalue weighted by Gasteiger charge is -1.91. The minimum absolute atomic E-state index is 0.789. The summed E-state index contributed by atoms with van der Waals surface area (Å²) < 4.78 is 2.22. The second kappa shape index (κ2) is 4.64. The molecule has 0 unspecified atom stereocenters. The summed E-state index contributed by atoms with van der Waals surface area (Å²) in [6, 6.07) is 5.83. The summed E-state index contributed by atoms with van der Waals surface area (Å²) in [6.07, 6.45) is 1.83. The zero-order valence-electron chi connectivity index (χ0n) is 8.79. The van der Waals surface area contributed by atoms with E-state index in [0.29, 0.717) is 0 Å². The molecule has 0 aliphatic rings. The van der Waals surface area contributed by atoms with E-state index in [0.717, 1.165) is 31.0 Å². The highest BCUT2D eigenvalue weighted by Crippen LogP contribution is 2.32. The fourth-order valence-corrected chi connectivity index (χ4v) is 4.19. The Kier molecular flexibility index (Phi) is 3.00. The Labute approximate surface area is 111 Å². The van der Waals surface area contributed by atoms with Crippen LogP contribution in [0.5, 0.6) is 0 Å². The summed E-state index contributed by atoms with van der Waals surface area (Å²) in [5, 5.41) is 3.13. The highest BCUT2D eigenvalue weighted by Gasteiger charge is 2.05. The van der Waals surface area contributed by atoms with Crippen LogP contribution in [0.25, 0.3) is 10.2 Å². The van der Waals surface area contributed by atoms with E-state index in [1.807, 2.05) is 29.8 Å². The molecule has 3 aromatic rings. The Hall–Kier alpha value is -1.11. The average Bonchev–Trinajstić information content (AvgIpc) is 2.94. The zero-order valence-corrected chi connectivity index (χ0v) is 11.2. The molecule has 0 saturated carbocycles. The summed E-state index contributed by atoms with van der Waals surface area (Å²) in [4.78, 5) is 8.81. The molecule has 2 aromatic heterocycles. The minimum Gasteiger partial charge on any atom is -0.399 e. The normalized spacial score (nSPS) is 11.1. The smallest absolute Gasteiger partial charge is 0.151 e. The lowest BCUT2D eigenvalue weighted by atomic mass is 10.3. The van der Waals surface area contributed by atoms with Gasteiger partial charge in [-0.3, -0.25) is 0 Å². The fourth-order valence-electron chi connectivity index (χ4n) is 1.43. The van der Waals surface area contributed by atoms with Crippen molar-refractivity contribution in [3.05, 3.63) is 34.8 Å². The van der Waals surface area contributed by atoms with Gasteiger partial charge < -0.3 is 5.73 Å². The van der Waals surface area contributed by atoms with E-state index < -0.39 is 0 Å². The number of benzene rings is 1. The summed E-state index contributed by atoms with van der Waals surface area (Å²) >= 11 is 5.08. The lowest BCUT2D eigenvalue weighted by Crippen LogP contribution is -1.81. The maximum absolute atomic E-state index is 5.75. The summed E-state index contributed by atoms with van der Waals surface area (Å²) in [6.45, 7) is 0. The third-order valence-electron chi connectivity index (χ3n) is 2.20. The summed E-state index contributed by atoms with van der Waals surface area (Å²) in [5.41, 5.74) is 7.56. The van der Waals surface area contributed by atoms with Gasteiger partial charge in [0.25, 0.3) is 0 Å². The highest BCUT2D eigenvalue weighted by molar-refractivity contribution is 8.00. The third-order valence-corrected chi connectivity index (χ3v) is 5.33. The standard InChI is InChI=1S/C11H9N3S3/c12-7-1-2-8-9(5-7)17-11(14-8)16-6-10-13-3-4-15-10/h1-5H,6,12H2. The molecule has 0 saturated heterocycles. The molecular formula is C11H9N3S3. The van der Waals surface area contributed by atoms with Crippen molar-refractivity contribution in [3.63, 3.8) is 0 Å². The molecule has 2 heterocycles. The van der Waals surface area contributed by atoms with Crippen LogP contribution < -0.4 is 5.73 Å². The van der Waals surface area contributed by atoms with Gasteiger partial charge in [0.1, 0.15) is 5.01 Å². The Morgan fingerprint density at radius 3 is 3.12 bits per heavy atom. The number of fused-ring (bicyclic) bond motifs is 1. The number of thioether (sulfide) groups is 1. The van der Waals surface area contributed by atoms with Crippen LogP contribution in [0.4, 0.5) is 5.69 Å². The second-order valence-corrected chi connectivity index (χ2v) is 6.65. The highest BCUT2D eigenvalue weighted by atomic mass is 32.2. The molecule has 0 aliphatic carbocycles. The second-order valence-electron chi connectivity index (χ2n) is 3.42. The van der Waals surface area contributed by atoms with E-state index in [2.05, 4.69) is 9.97 Å². The van der Waals surface area contributed by atoms with Crippen LogP contribution in [0.15, 0.2) is 34.1 Å². The first-order valence-electron chi connectivity index (χ1n) is 4.98. The lowest BCUT2D eigenvalue weighted by molar-refractivity contribution is 1.25. The Morgan fingerprint density at radius 2 is 2.29 bits per heavy atom. The van der Waals surface area contributed by atoms with Crippen molar-refractivity contribution in [2.24, 2.45) is 0 Å². The maximum atomic E-state index is 5.75. The first-order valence-corrected chi connectivity index (χ1v) is 7.67. The van der Waals surface area contributed by atoms with E-state index in [4.69, 9.17) is 5.73 Å². The van der Waals surface area contributed by atoms with Gasteiger partial charge in [0.2, 0.25) is 0 Å². The van der Waals surface area contributed by atoms with E-state index in [1.165, 1.54) is 0 Å². The number of nitrogens with two attached hydrogens (primary N) is 1. The molecule has 0 amide bonds. The predicted molar refractivity (Wildman–Crippen MR) is 75.7 cm³/mol. The number of thiazole rings is 2. The molecule has 0 bridgehead atoms. The van der Waals surface area contributed by atoms with Crippen LogP contribution in [0, 0.1) is 0 Å². The first kappa shape index (κ1) is 11.0. The van der Waals surface area contributed by atoms with Crippen molar-refractivity contribution in [1.82, 2.24) is 9.97 Å². The molecule has 3 nitrogen and oxygen atoms in total. The van der Waals surface area contributed by atoms with E-state index in [1.54, 1.807) is 34.4 Å². The van der Waals surface area contributed by atoms with Gasteiger partial charge in [0.05, 0.1) is 16.0 Å². The number of rotatable bonds is 3. The summed E-state index contributed by atoms with van der Waals surface area (Å²) in [7, 11) is 0. The van der Waals surface area contributed by atoms with Gasteiger partial charge in [0.15, 0.2) is 4.34 Å². The predicted octanol–water partition coefficient (Wildman–Crippen LogP) is 3.63. The molecule has 1 aromatic carbocycles. The number of aromatic nitrogens is 2. The zero-order chi connectivity index (χ0) is 11.7. The Bertz CT molecular complexity index is 631. The van der Waals surface area contributed by atoms with Gasteiger partial charge in [0, 0.05) is 17.3 Å². The molecule has 0 fully saturated rings. The van der Waals surface area contributed by atoms with Crippen LogP contribution in [0.2, 0.25) is 0 Å². The monoisotopic (exact) mass is 279 g/mol. The first-order chi connectivity index (χ1) is 8.31. The Morgan fingerprint density at radius 1 is 1.35 bits per heavy atom. The molecule has 2 N–H and O–H groups in total. The number of anilines is 1. The Balaban J connectivity index is 1.81. The topological polar surface area (TPSA) is 51.8 Å². The number of hydrogen-bond donors (Lipinski definition) is 1. The van der Waals surface area contributed by atoms with E-state index >= 15 is 0 Å². The van der Waals surface area contributed by atoms with Crippen molar-refractivity contribution >= 4 is 50.3 Å². The van der Waals surface area contributed by atoms with E-state index in [-0.39, 0.29) is 0 Å². The average molecular weight is 279 g/mol. The molecular weight excluding hydrogens is 270 g/mol. The van der Waals surface area contributed by atoms with Crippen LogP contribution in [0.1, 0.15) is 5.01 Å². The van der Waals surface area contributed by atoms with Crippen molar-refractivity contribution in [3.8, 4) is 0 Å². The molecule has 0 atom stereocenters. The van der Waals surface area contributed by atoms with Gasteiger partial charge in [-0.1, -0.05) is 11.8 Å².